The lowest BCUT2D eigenvalue weighted by Crippen LogP contribution is -2.31. The number of carbonyl (C=O) groups is 1. The Hall–Kier alpha value is -1.24. The summed E-state index contributed by atoms with van der Waals surface area (Å²) in [6.07, 6.45) is 0. The number of para-hydroxylation sites is 1. The first kappa shape index (κ1) is 13.2. The number of ether oxygens (including phenoxy) is 2. The van der Waals surface area contributed by atoms with E-state index in [-0.39, 0.29) is 5.91 Å². The minimum Gasteiger partial charge on any atom is -0.492 e. The van der Waals surface area contributed by atoms with Crippen molar-refractivity contribution >= 4 is 17.7 Å². The fraction of sp³-hybridized carbons (Fsp3) is 0.417. The van der Waals surface area contributed by atoms with Gasteiger partial charge in [-0.15, -0.1) is 0 Å². The number of rotatable bonds is 6. The molecule has 1 heterocycles. The van der Waals surface area contributed by atoms with Gasteiger partial charge in [0.05, 0.1) is 30.6 Å². The zero-order chi connectivity index (χ0) is 12.8. The van der Waals surface area contributed by atoms with Gasteiger partial charge in [0, 0.05) is 5.75 Å². The number of hydrogen-bond acceptors (Lipinski definition) is 5. The summed E-state index contributed by atoms with van der Waals surface area (Å²) in [5, 5.41) is 0.594. The highest BCUT2D eigenvalue weighted by atomic mass is 32.2. The Balaban J connectivity index is 1.82. The van der Waals surface area contributed by atoms with Crippen molar-refractivity contribution in [1.29, 1.82) is 0 Å². The lowest BCUT2D eigenvalue weighted by molar-refractivity contribution is 0.0454. The SMILES string of the molecule is NNC(=O)c1ccccc1OCCSC1COC1. The highest BCUT2D eigenvalue weighted by Gasteiger charge is 2.18. The first-order chi connectivity index (χ1) is 8.81. The van der Waals surface area contributed by atoms with Gasteiger partial charge in [-0.3, -0.25) is 10.2 Å². The molecule has 98 valence electrons. The Morgan fingerprint density at radius 2 is 2.28 bits per heavy atom. The summed E-state index contributed by atoms with van der Waals surface area (Å²) >= 11 is 1.83. The molecule has 0 atom stereocenters. The largest absolute Gasteiger partial charge is 0.492 e. The van der Waals surface area contributed by atoms with Crippen molar-refractivity contribution in [1.82, 2.24) is 5.43 Å². The molecule has 0 aromatic heterocycles. The maximum atomic E-state index is 11.5. The smallest absolute Gasteiger partial charge is 0.268 e. The second-order valence-electron chi connectivity index (χ2n) is 3.85. The van der Waals surface area contributed by atoms with Crippen LogP contribution in [-0.2, 0) is 4.74 Å². The van der Waals surface area contributed by atoms with Crippen LogP contribution in [0.5, 0.6) is 5.75 Å². The first-order valence-electron chi connectivity index (χ1n) is 5.73. The highest BCUT2D eigenvalue weighted by Crippen LogP contribution is 2.21. The van der Waals surface area contributed by atoms with Crippen LogP contribution in [-0.4, -0.2) is 36.7 Å². The van der Waals surface area contributed by atoms with E-state index in [0.29, 0.717) is 23.2 Å². The topological polar surface area (TPSA) is 73.6 Å². The van der Waals surface area contributed by atoms with Gasteiger partial charge in [-0.05, 0) is 12.1 Å². The summed E-state index contributed by atoms with van der Waals surface area (Å²) < 4.78 is 10.7. The standard InChI is InChI=1S/C12H16N2O3S/c13-14-12(15)10-3-1-2-4-11(10)17-5-6-18-9-7-16-8-9/h1-4,9H,5-8,13H2,(H,14,15). The van der Waals surface area contributed by atoms with E-state index in [9.17, 15) is 4.79 Å². The van der Waals surface area contributed by atoms with E-state index in [1.165, 1.54) is 0 Å². The number of nitrogen functional groups attached to an aromatic ring is 1. The van der Waals surface area contributed by atoms with Gasteiger partial charge < -0.3 is 9.47 Å². The maximum absolute atomic E-state index is 11.5. The molecule has 0 bridgehead atoms. The van der Waals surface area contributed by atoms with Crippen LogP contribution in [0.25, 0.3) is 0 Å². The van der Waals surface area contributed by atoms with E-state index in [2.05, 4.69) is 5.43 Å². The van der Waals surface area contributed by atoms with E-state index in [0.717, 1.165) is 19.0 Å². The highest BCUT2D eigenvalue weighted by molar-refractivity contribution is 8.00. The molecule has 2 rings (SSSR count). The molecule has 1 aromatic carbocycles. The van der Waals surface area contributed by atoms with Gasteiger partial charge >= 0.3 is 0 Å². The number of nitrogens with one attached hydrogen (secondary N) is 1. The molecule has 1 aromatic rings. The minimum absolute atomic E-state index is 0.342. The van der Waals surface area contributed by atoms with Crippen LogP contribution in [0.2, 0.25) is 0 Å². The van der Waals surface area contributed by atoms with Gasteiger partial charge in [-0.25, -0.2) is 5.84 Å². The third-order valence-corrected chi connectivity index (χ3v) is 3.71. The van der Waals surface area contributed by atoms with Crippen LogP contribution < -0.4 is 16.0 Å². The molecule has 1 fully saturated rings. The van der Waals surface area contributed by atoms with Crippen LogP contribution in [0.3, 0.4) is 0 Å². The van der Waals surface area contributed by atoms with Gasteiger partial charge in [0.25, 0.3) is 5.91 Å². The molecule has 18 heavy (non-hydrogen) atoms. The Morgan fingerprint density at radius 1 is 1.50 bits per heavy atom. The molecular formula is C12H16N2O3S. The van der Waals surface area contributed by atoms with E-state index in [4.69, 9.17) is 15.3 Å². The normalized spacial score (nSPS) is 14.9. The summed E-state index contributed by atoms with van der Waals surface area (Å²) in [5.74, 6) is 6.22. The number of benzene rings is 1. The average Bonchev–Trinajstić information content (AvgIpc) is 2.36. The fourth-order valence-corrected chi connectivity index (χ4v) is 2.43. The number of thioether (sulfide) groups is 1. The molecule has 6 heteroatoms. The Kier molecular flexibility index (Phi) is 4.86. The zero-order valence-corrected chi connectivity index (χ0v) is 10.7. The molecule has 0 radical (unpaired) electrons. The summed E-state index contributed by atoms with van der Waals surface area (Å²) in [5.41, 5.74) is 2.56. The lowest BCUT2D eigenvalue weighted by Gasteiger charge is -2.25. The number of carbonyl (C=O) groups excluding carboxylic acids is 1. The molecule has 0 saturated carbocycles. The van der Waals surface area contributed by atoms with E-state index >= 15 is 0 Å². The Bertz CT molecular complexity index is 410. The van der Waals surface area contributed by atoms with Crippen molar-refractivity contribution < 1.29 is 14.3 Å². The van der Waals surface area contributed by atoms with Gasteiger partial charge in [-0.2, -0.15) is 11.8 Å². The van der Waals surface area contributed by atoms with Gasteiger partial charge in [0.1, 0.15) is 5.75 Å². The summed E-state index contributed by atoms with van der Waals surface area (Å²) in [6.45, 7) is 2.23. The summed E-state index contributed by atoms with van der Waals surface area (Å²) in [4.78, 5) is 11.5. The Labute approximate surface area is 110 Å². The maximum Gasteiger partial charge on any atom is 0.268 e. The van der Waals surface area contributed by atoms with Crippen LogP contribution in [0.1, 0.15) is 10.4 Å². The number of nitrogens with two attached hydrogens (primary N) is 1. The molecular weight excluding hydrogens is 252 g/mol. The minimum atomic E-state index is -0.342. The third kappa shape index (κ3) is 3.38. The second kappa shape index (κ2) is 6.63. The van der Waals surface area contributed by atoms with Crippen molar-refractivity contribution in [2.24, 2.45) is 5.84 Å². The second-order valence-corrected chi connectivity index (χ2v) is 5.26. The van der Waals surface area contributed by atoms with Crippen molar-refractivity contribution in [2.45, 2.75) is 5.25 Å². The summed E-state index contributed by atoms with van der Waals surface area (Å²) in [7, 11) is 0. The van der Waals surface area contributed by atoms with Gasteiger partial charge in [0.15, 0.2) is 0 Å². The lowest BCUT2D eigenvalue weighted by atomic mass is 10.2. The molecule has 1 amide bonds. The van der Waals surface area contributed by atoms with E-state index in [1.54, 1.807) is 18.2 Å². The fourth-order valence-electron chi connectivity index (χ4n) is 1.53. The number of hydrazine groups is 1. The monoisotopic (exact) mass is 268 g/mol. The molecule has 5 nitrogen and oxygen atoms in total. The van der Waals surface area contributed by atoms with E-state index < -0.39 is 0 Å². The predicted molar refractivity (Wildman–Crippen MR) is 70.7 cm³/mol. The predicted octanol–water partition coefficient (Wildman–Crippen LogP) is 0.801. The number of amides is 1. The van der Waals surface area contributed by atoms with Crippen molar-refractivity contribution in [3.63, 3.8) is 0 Å². The zero-order valence-electron chi connectivity index (χ0n) is 9.93. The Morgan fingerprint density at radius 3 is 2.94 bits per heavy atom. The molecule has 0 spiro atoms. The number of hydrogen-bond donors (Lipinski definition) is 2. The van der Waals surface area contributed by atoms with Gasteiger partial charge in [-0.1, -0.05) is 12.1 Å². The third-order valence-electron chi connectivity index (χ3n) is 2.56. The van der Waals surface area contributed by atoms with Crippen molar-refractivity contribution in [3.8, 4) is 5.75 Å². The quantitative estimate of drug-likeness (QED) is 0.345. The summed E-state index contributed by atoms with van der Waals surface area (Å²) in [6, 6.07) is 7.06. The first-order valence-corrected chi connectivity index (χ1v) is 6.78. The molecule has 1 aliphatic rings. The van der Waals surface area contributed by atoms with Crippen LogP contribution in [0, 0.1) is 0 Å². The van der Waals surface area contributed by atoms with E-state index in [1.807, 2.05) is 17.8 Å². The molecule has 0 aliphatic carbocycles. The van der Waals surface area contributed by atoms with Crippen molar-refractivity contribution in [3.05, 3.63) is 29.8 Å². The van der Waals surface area contributed by atoms with Crippen LogP contribution in [0.15, 0.2) is 24.3 Å². The molecule has 1 aliphatic heterocycles. The van der Waals surface area contributed by atoms with Crippen molar-refractivity contribution in [2.75, 3.05) is 25.6 Å². The van der Waals surface area contributed by atoms with Crippen LogP contribution in [0.4, 0.5) is 0 Å². The molecule has 1 saturated heterocycles. The van der Waals surface area contributed by atoms with Crippen LogP contribution >= 0.6 is 11.8 Å². The average molecular weight is 268 g/mol. The molecule has 3 N–H and O–H groups in total. The molecule has 0 unspecified atom stereocenters. The van der Waals surface area contributed by atoms with Gasteiger partial charge in [0.2, 0.25) is 0 Å².